The van der Waals surface area contributed by atoms with Gasteiger partial charge in [0.25, 0.3) is 11.5 Å². The number of hydrogen-bond donors (Lipinski definition) is 1. The third-order valence-corrected chi connectivity index (χ3v) is 6.86. The van der Waals surface area contributed by atoms with Crippen LogP contribution in [-0.2, 0) is 6.54 Å². The molecule has 0 aliphatic carbocycles. The molecule has 1 fully saturated rings. The first kappa shape index (κ1) is 22.6. The van der Waals surface area contributed by atoms with Crippen LogP contribution < -0.4 is 5.56 Å². The SMILES string of the molecule is Cc1ccccc1C(=O)N1CCC(c2nc3c(nnn3Cc3ccc(Cl)cc3Cl)c(=O)[nH]2)CC1. The number of halogens is 2. The quantitative estimate of drug-likeness (QED) is 0.456. The Bertz CT molecular complexity index is 1440. The molecule has 1 aliphatic rings. The highest BCUT2D eigenvalue weighted by atomic mass is 35.5. The summed E-state index contributed by atoms with van der Waals surface area (Å²) in [5.41, 5.74) is 2.75. The van der Waals surface area contributed by atoms with Crippen molar-refractivity contribution in [2.45, 2.75) is 32.2 Å². The fraction of sp³-hybridized carbons (Fsp3) is 0.292. The minimum absolute atomic E-state index is 0.0282. The smallest absolute Gasteiger partial charge is 0.281 e. The fourth-order valence-corrected chi connectivity index (χ4v) is 4.80. The molecule has 4 aromatic rings. The maximum absolute atomic E-state index is 12.9. The molecule has 2 aromatic carbocycles. The van der Waals surface area contributed by atoms with Crippen molar-refractivity contribution in [1.82, 2.24) is 29.9 Å². The van der Waals surface area contributed by atoms with Gasteiger partial charge in [-0.2, -0.15) is 0 Å². The number of benzene rings is 2. The number of nitrogens with one attached hydrogen (secondary N) is 1. The number of aryl methyl sites for hydroxylation is 1. The maximum atomic E-state index is 12.9. The topological polar surface area (TPSA) is 96.8 Å². The van der Waals surface area contributed by atoms with Gasteiger partial charge >= 0.3 is 0 Å². The average Bonchev–Trinajstić information content (AvgIpc) is 3.24. The molecule has 0 saturated carbocycles. The molecule has 1 saturated heterocycles. The highest BCUT2D eigenvalue weighted by Gasteiger charge is 2.27. The second kappa shape index (κ2) is 9.19. The van der Waals surface area contributed by atoms with Crippen molar-refractivity contribution in [3.05, 3.63) is 85.4 Å². The van der Waals surface area contributed by atoms with Crippen LogP contribution >= 0.6 is 23.2 Å². The number of carbonyl (C=O) groups excluding carboxylic acids is 1. The summed E-state index contributed by atoms with van der Waals surface area (Å²) in [6.07, 6.45) is 1.41. The molecular formula is C24H22Cl2N6O2. The van der Waals surface area contributed by atoms with Crippen molar-refractivity contribution in [3.8, 4) is 0 Å². The van der Waals surface area contributed by atoms with Crippen LogP contribution in [0.3, 0.4) is 0 Å². The molecule has 0 radical (unpaired) electrons. The van der Waals surface area contributed by atoms with Gasteiger partial charge in [0.05, 0.1) is 6.54 Å². The predicted molar refractivity (Wildman–Crippen MR) is 131 cm³/mol. The molecule has 0 atom stereocenters. The molecule has 10 heteroatoms. The summed E-state index contributed by atoms with van der Waals surface area (Å²) in [6, 6.07) is 12.8. The van der Waals surface area contributed by atoms with Gasteiger partial charge in [0.2, 0.25) is 0 Å². The van der Waals surface area contributed by atoms with Crippen LogP contribution in [0.2, 0.25) is 10.0 Å². The zero-order valence-corrected chi connectivity index (χ0v) is 20.0. The zero-order valence-electron chi connectivity index (χ0n) is 18.5. The second-order valence-corrected chi connectivity index (χ2v) is 9.33. The van der Waals surface area contributed by atoms with Crippen molar-refractivity contribution < 1.29 is 4.79 Å². The van der Waals surface area contributed by atoms with Gasteiger partial charge in [-0.05, 0) is 49.1 Å². The number of aromatic nitrogens is 5. The zero-order chi connectivity index (χ0) is 23.8. The minimum Gasteiger partial charge on any atom is -0.339 e. The monoisotopic (exact) mass is 496 g/mol. The van der Waals surface area contributed by atoms with E-state index in [0.29, 0.717) is 54.0 Å². The van der Waals surface area contributed by atoms with Gasteiger partial charge in [-0.1, -0.05) is 52.7 Å². The van der Waals surface area contributed by atoms with E-state index < -0.39 is 0 Å². The lowest BCUT2D eigenvalue weighted by atomic mass is 9.95. The van der Waals surface area contributed by atoms with Gasteiger partial charge in [-0.25, -0.2) is 9.67 Å². The van der Waals surface area contributed by atoms with Crippen molar-refractivity contribution in [2.75, 3.05) is 13.1 Å². The number of carbonyl (C=O) groups is 1. The lowest BCUT2D eigenvalue weighted by molar-refractivity contribution is 0.0710. The van der Waals surface area contributed by atoms with Crippen LogP contribution in [0.5, 0.6) is 0 Å². The van der Waals surface area contributed by atoms with E-state index in [1.165, 1.54) is 0 Å². The summed E-state index contributed by atoms with van der Waals surface area (Å²) >= 11 is 12.3. The number of fused-ring (bicyclic) bond motifs is 1. The normalized spacial score (nSPS) is 14.6. The third kappa shape index (κ3) is 4.31. The Morgan fingerprint density at radius 2 is 1.91 bits per heavy atom. The molecule has 0 bridgehead atoms. The van der Waals surface area contributed by atoms with E-state index >= 15 is 0 Å². The van der Waals surface area contributed by atoms with E-state index in [1.807, 2.05) is 42.2 Å². The van der Waals surface area contributed by atoms with Crippen LogP contribution in [0.25, 0.3) is 11.2 Å². The van der Waals surface area contributed by atoms with E-state index in [9.17, 15) is 9.59 Å². The van der Waals surface area contributed by atoms with Crippen molar-refractivity contribution in [2.24, 2.45) is 0 Å². The summed E-state index contributed by atoms with van der Waals surface area (Å²) in [6.45, 7) is 3.44. The van der Waals surface area contributed by atoms with Gasteiger partial charge in [0, 0.05) is 34.6 Å². The molecule has 0 spiro atoms. The van der Waals surface area contributed by atoms with E-state index in [-0.39, 0.29) is 22.9 Å². The Kier molecular flexibility index (Phi) is 6.10. The van der Waals surface area contributed by atoms with Crippen LogP contribution in [0.4, 0.5) is 0 Å². The molecule has 174 valence electrons. The van der Waals surface area contributed by atoms with Gasteiger partial charge < -0.3 is 9.88 Å². The van der Waals surface area contributed by atoms with E-state index in [1.54, 1.807) is 16.8 Å². The largest absolute Gasteiger partial charge is 0.339 e. The first-order valence-corrected chi connectivity index (χ1v) is 11.8. The number of rotatable bonds is 4. The molecule has 3 heterocycles. The van der Waals surface area contributed by atoms with Crippen molar-refractivity contribution in [1.29, 1.82) is 0 Å². The molecule has 2 aromatic heterocycles. The average molecular weight is 497 g/mol. The summed E-state index contributed by atoms with van der Waals surface area (Å²) < 4.78 is 1.57. The van der Waals surface area contributed by atoms with Crippen LogP contribution in [0.1, 0.15) is 46.1 Å². The molecule has 5 rings (SSSR count). The predicted octanol–water partition coefficient (Wildman–Crippen LogP) is 4.20. The van der Waals surface area contributed by atoms with Crippen LogP contribution in [0, 0.1) is 6.92 Å². The first-order chi connectivity index (χ1) is 16.4. The molecule has 0 unspecified atom stereocenters. The van der Waals surface area contributed by atoms with Crippen LogP contribution in [-0.4, -0.2) is 48.9 Å². The summed E-state index contributed by atoms with van der Waals surface area (Å²) in [7, 11) is 0. The lowest BCUT2D eigenvalue weighted by Gasteiger charge is -2.31. The first-order valence-electron chi connectivity index (χ1n) is 11.0. The van der Waals surface area contributed by atoms with Gasteiger partial charge in [0.15, 0.2) is 11.2 Å². The van der Waals surface area contributed by atoms with Crippen molar-refractivity contribution >= 4 is 40.3 Å². The number of H-pyrrole nitrogens is 1. The van der Waals surface area contributed by atoms with Gasteiger partial charge in [-0.3, -0.25) is 9.59 Å². The Morgan fingerprint density at radius 3 is 2.65 bits per heavy atom. The number of amides is 1. The van der Waals surface area contributed by atoms with Gasteiger partial charge in [0.1, 0.15) is 5.82 Å². The van der Waals surface area contributed by atoms with E-state index in [4.69, 9.17) is 28.2 Å². The molecule has 1 amide bonds. The molecule has 8 nitrogen and oxygen atoms in total. The highest BCUT2D eigenvalue weighted by molar-refractivity contribution is 6.35. The van der Waals surface area contributed by atoms with E-state index in [2.05, 4.69) is 15.3 Å². The minimum atomic E-state index is -0.327. The third-order valence-electron chi connectivity index (χ3n) is 6.27. The maximum Gasteiger partial charge on any atom is 0.281 e. The number of aromatic amines is 1. The standard InChI is InChI=1S/C24H22Cl2N6O2/c1-14-4-2-3-5-18(14)24(34)31-10-8-15(9-11-31)21-27-22-20(23(33)28-21)29-30-32(22)13-16-6-7-17(25)12-19(16)26/h2-7,12,15H,8-11,13H2,1H3,(H,27,28,33). The molecule has 34 heavy (non-hydrogen) atoms. The van der Waals surface area contributed by atoms with Crippen molar-refractivity contribution in [3.63, 3.8) is 0 Å². The summed E-state index contributed by atoms with van der Waals surface area (Å²) in [4.78, 5) is 35.1. The molecular weight excluding hydrogens is 475 g/mol. The number of likely N-dealkylation sites (tertiary alicyclic amines) is 1. The summed E-state index contributed by atoms with van der Waals surface area (Å²) in [5, 5.41) is 9.18. The molecule has 1 N–H and O–H groups in total. The number of nitrogens with zero attached hydrogens (tertiary/aromatic N) is 5. The Morgan fingerprint density at radius 1 is 1.15 bits per heavy atom. The number of piperidine rings is 1. The van der Waals surface area contributed by atoms with Crippen LogP contribution in [0.15, 0.2) is 47.3 Å². The Labute approximate surface area is 205 Å². The van der Waals surface area contributed by atoms with E-state index in [0.717, 1.165) is 16.7 Å². The lowest BCUT2D eigenvalue weighted by Crippen LogP contribution is -2.38. The van der Waals surface area contributed by atoms with Gasteiger partial charge in [-0.15, -0.1) is 5.10 Å². The Hall–Kier alpha value is -3.23. The highest BCUT2D eigenvalue weighted by Crippen LogP contribution is 2.27. The molecule has 1 aliphatic heterocycles. The Balaban J connectivity index is 1.36. The summed E-state index contributed by atoms with van der Waals surface area (Å²) in [5.74, 6) is 0.655. The fourth-order valence-electron chi connectivity index (χ4n) is 4.33. The number of hydrogen-bond acceptors (Lipinski definition) is 5. The second-order valence-electron chi connectivity index (χ2n) is 8.49.